The fourth-order valence-electron chi connectivity index (χ4n) is 2.30. The Kier molecular flexibility index (Phi) is 3.58. The number of hydrogen-bond donors (Lipinski definition) is 1. The molecule has 20 heavy (non-hydrogen) atoms. The van der Waals surface area contributed by atoms with Gasteiger partial charge in [-0.3, -0.25) is 4.79 Å². The molecule has 2 aromatic heterocycles. The number of likely N-dealkylation sites (tertiary alicyclic amines) is 1. The minimum Gasteiger partial charge on any atom is -0.459 e. The highest BCUT2D eigenvalue weighted by atomic mass is 32.1. The van der Waals surface area contributed by atoms with Crippen LogP contribution >= 0.6 is 11.3 Å². The lowest BCUT2D eigenvalue weighted by molar-refractivity contribution is 0.0709. The summed E-state index contributed by atoms with van der Waals surface area (Å²) in [6.45, 7) is 3.32. The zero-order valence-corrected chi connectivity index (χ0v) is 12.2. The van der Waals surface area contributed by atoms with Gasteiger partial charge in [0.2, 0.25) is 0 Å². The van der Waals surface area contributed by atoms with Gasteiger partial charge in [-0.1, -0.05) is 0 Å². The number of nitrogens with two attached hydrogens (primary N) is 1. The van der Waals surface area contributed by atoms with Gasteiger partial charge in [-0.25, -0.2) is 4.98 Å². The van der Waals surface area contributed by atoms with Crippen LogP contribution in [0.5, 0.6) is 0 Å². The first-order valence-corrected chi connectivity index (χ1v) is 7.58. The average molecular weight is 291 g/mol. The third kappa shape index (κ3) is 2.62. The molecule has 1 aliphatic rings. The molecule has 0 aliphatic carbocycles. The zero-order chi connectivity index (χ0) is 14.1. The number of aromatic nitrogens is 1. The molecule has 0 saturated carbocycles. The summed E-state index contributed by atoms with van der Waals surface area (Å²) >= 11 is 1.43. The van der Waals surface area contributed by atoms with Gasteiger partial charge in [0.15, 0.2) is 10.8 Å². The molecule has 3 heterocycles. The minimum atomic E-state index is -0.0114. The van der Waals surface area contributed by atoms with Gasteiger partial charge < -0.3 is 15.1 Å². The molecule has 5 nitrogen and oxygen atoms in total. The number of nitrogens with zero attached hydrogens (tertiary/aromatic N) is 2. The van der Waals surface area contributed by atoms with Crippen molar-refractivity contribution in [2.75, 3.05) is 13.1 Å². The highest BCUT2D eigenvalue weighted by molar-refractivity contribution is 7.13. The molecule has 1 fully saturated rings. The lowest BCUT2D eigenvalue weighted by Gasteiger charge is -2.29. The highest BCUT2D eigenvalue weighted by Crippen LogP contribution is 2.26. The molecule has 1 aliphatic heterocycles. The van der Waals surface area contributed by atoms with E-state index in [0.717, 1.165) is 23.6 Å². The third-order valence-electron chi connectivity index (χ3n) is 3.50. The number of aryl methyl sites for hydroxylation is 1. The van der Waals surface area contributed by atoms with Gasteiger partial charge in [0.25, 0.3) is 5.91 Å². The Bertz CT molecular complexity index is 611. The molecule has 106 valence electrons. The number of piperidine rings is 1. The van der Waals surface area contributed by atoms with Crippen LogP contribution in [0, 0.1) is 6.92 Å². The number of carbonyl (C=O) groups excluding carboxylic acids is 1. The molecule has 2 N–H and O–H groups in total. The van der Waals surface area contributed by atoms with E-state index >= 15 is 0 Å². The number of furan rings is 1. The van der Waals surface area contributed by atoms with E-state index in [2.05, 4.69) is 4.98 Å². The second kappa shape index (κ2) is 5.38. The van der Waals surface area contributed by atoms with Crippen molar-refractivity contribution in [2.45, 2.75) is 25.8 Å². The lowest BCUT2D eigenvalue weighted by Crippen LogP contribution is -2.42. The smallest absolute Gasteiger partial charge is 0.273 e. The maximum atomic E-state index is 12.4. The largest absolute Gasteiger partial charge is 0.459 e. The minimum absolute atomic E-state index is 0.0114. The first kappa shape index (κ1) is 13.3. The molecule has 2 aromatic rings. The molecular formula is C14H17N3O2S. The molecule has 0 unspecified atom stereocenters. The van der Waals surface area contributed by atoms with Gasteiger partial charge in [0, 0.05) is 24.5 Å². The summed E-state index contributed by atoms with van der Waals surface area (Å²) < 4.78 is 5.53. The normalized spacial score (nSPS) is 16.6. The molecule has 0 aromatic carbocycles. The average Bonchev–Trinajstić information content (AvgIpc) is 3.07. The van der Waals surface area contributed by atoms with Crippen LogP contribution in [-0.4, -0.2) is 34.9 Å². The Morgan fingerprint density at radius 3 is 2.85 bits per heavy atom. The Morgan fingerprint density at radius 1 is 1.45 bits per heavy atom. The predicted octanol–water partition coefficient (Wildman–Crippen LogP) is 2.27. The standard InChI is InChI=1S/C14H17N3O2S/c1-9-2-3-12(19-9)13-16-11(8-20-13)14(18)17-6-4-10(15)5-7-17/h2-3,8,10H,4-7,15H2,1H3. The summed E-state index contributed by atoms with van der Waals surface area (Å²) in [5, 5.41) is 2.54. The maximum absolute atomic E-state index is 12.4. The highest BCUT2D eigenvalue weighted by Gasteiger charge is 2.23. The van der Waals surface area contributed by atoms with Crippen molar-refractivity contribution < 1.29 is 9.21 Å². The third-order valence-corrected chi connectivity index (χ3v) is 4.36. The van der Waals surface area contributed by atoms with Crippen LogP contribution in [0.25, 0.3) is 10.8 Å². The Morgan fingerprint density at radius 2 is 2.20 bits per heavy atom. The quantitative estimate of drug-likeness (QED) is 0.921. The maximum Gasteiger partial charge on any atom is 0.273 e. The first-order valence-electron chi connectivity index (χ1n) is 6.70. The van der Waals surface area contributed by atoms with E-state index in [1.807, 2.05) is 24.0 Å². The fourth-order valence-corrected chi connectivity index (χ4v) is 3.05. The number of hydrogen-bond acceptors (Lipinski definition) is 5. The van der Waals surface area contributed by atoms with E-state index in [-0.39, 0.29) is 11.9 Å². The van der Waals surface area contributed by atoms with Crippen LogP contribution in [0.1, 0.15) is 29.1 Å². The molecule has 0 radical (unpaired) electrons. The molecule has 0 bridgehead atoms. The van der Waals surface area contributed by atoms with E-state index in [9.17, 15) is 4.79 Å². The summed E-state index contributed by atoms with van der Waals surface area (Å²) in [6, 6.07) is 3.99. The molecule has 0 atom stereocenters. The van der Waals surface area contributed by atoms with E-state index in [4.69, 9.17) is 10.2 Å². The van der Waals surface area contributed by atoms with Crippen LogP contribution < -0.4 is 5.73 Å². The lowest BCUT2D eigenvalue weighted by atomic mass is 10.1. The van der Waals surface area contributed by atoms with E-state index in [0.29, 0.717) is 24.5 Å². The predicted molar refractivity (Wildman–Crippen MR) is 77.7 cm³/mol. The van der Waals surface area contributed by atoms with Crippen molar-refractivity contribution in [2.24, 2.45) is 5.73 Å². The van der Waals surface area contributed by atoms with Crippen LogP contribution in [-0.2, 0) is 0 Å². The van der Waals surface area contributed by atoms with Gasteiger partial charge in [0.05, 0.1) is 0 Å². The van der Waals surface area contributed by atoms with Crippen molar-refractivity contribution in [3.8, 4) is 10.8 Å². The van der Waals surface area contributed by atoms with Crippen LogP contribution in [0.2, 0.25) is 0 Å². The number of amides is 1. The second-order valence-electron chi connectivity index (χ2n) is 5.08. The van der Waals surface area contributed by atoms with Gasteiger partial charge in [-0.15, -0.1) is 11.3 Å². The van der Waals surface area contributed by atoms with Crippen LogP contribution in [0.4, 0.5) is 0 Å². The molecular weight excluding hydrogens is 274 g/mol. The second-order valence-corrected chi connectivity index (χ2v) is 5.94. The van der Waals surface area contributed by atoms with Crippen LogP contribution in [0.3, 0.4) is 0 Å². The fraction of sp³-hybridized carbons (Fsp3) is 0.429. The van der Waals surface area contributed by atoms with Crippen molar-refractivity contribution in [3.63, 3.8) is 0 Å². The Labute approximate surface area is 121 Å². The zero-order valence-electron chi connectivity index (χ0n) is 11.3. The van der Waals surface area contributed by atoms with Gasteiger partial charge in [-0.05, 0) is 31.9 Å². The summed E-state index contributed by atoms with van der Waals surface area (Å²) in [6.07, 6.45) is 1.72. The first-order chi connectivity index (χ1) is 9.63. The Hall–Kier alpha value is -1.66. The van der Waals surface area contributed by atoms with E-state index in [1.165, 1.54) is 11.3 Å². The van der Waals surface area contributed by atoms with Crippen LogP contribution in [0.15, 0.2) is 21.9 Å². The summed E-state index contributed by atoms with van der Waals surface area (Å²) in [7, 11) is 0. The van der Waals surface area contributed by atoms with Crippen molar-refractivity contribution >= 4 is 17.2 Å². The van der Waals surface area contributed by atoms with Gasteiger partial charge in [-0.2, -0.15) is 0 Å². The van der Waals surface area contributed by atoms with E-state index < -0.39 is 0 Å². The number of rotatable bonds is 2. The summed E-state index contributed by atoms with van der Waals surface area (Å²) in [5.41, 5.74) is 6.35. The van der Waals surface area contributed by atoms with E-state index in [1.54, 1.807) is 5.38 Å². The summed E-state index contributed by atoms with van der Waals surface area (Å²) in [4.78, 5) is 18.6. The van der Waals surface area contributed by atoms with Gasteiger partial charge >= 0.3 is 0 Å². The Balaban J connectivity index is 1.75. The monoisotopic (exact) mass is 291 g/mol. The number of carbonyl (C=O) groups is 1. The molecule has 3 rings (SSSR count). The number of thiazole rings is 1. The van der Waals surface area contributed by atoms with Gasteiger partial charge in [0.1, 0.15) is 11.5 Å². The molecule has 1 amide bonds. The molecule has 1 saturated heterocycles. The SMILES string of the molecule is Cc1ccc(-c2nc(C(=O)N3CCC(N)CC3)cs2)o1. The summed E-state index contributed by atoms with van der Waals surface area (Å²) in [5.74, 6) is 1.54. The van der Waals surface area contributed by atoms with Crippen molar-refractivity contribution in [1.82, 2.24) is 9.88 Å². The molecule has 6 heteroatoms. The van der Waals surface area contributed by atoms with Crippen molar-refractivity contribution in [3.05, 3.63) is 29.0 Å². The molecule has 0 spiro atoms. The van der Waals surface area contributed by atoms with Crippen molar-refractivity contribution in [1.29, 1.82) is 0 Å². The topological polar surface area (TPSA) is 72.4 Å².